The lowest BCUT2D eigenvalue weighted by atomic mass is 10.2. The minimum absolute atomic E-state index is 0.000741. The molecule has 0 aliphatic carbocycles. The van der Waals surface area contributed by atoms with E-state index in [9.17, 15) is 8.78 Å². The Morgan fingerprint density at radius 3 is 2.53 bits per heavy atom. The van der Waals surface area contributed by atoms with Gasteiger partial charge in [-0.25, -0.2) is 18.7 Å². The van der Waals surface area contributed by atoms with Gasteiger partial charge in [0.05, 0.1) is 0 Å². The van der Waals surface area contributed by atoms with Crippen molar-refractivity contribution in [3.05, 3.63) is 47.7 Å². The van der Waals surface area contributed by atoms with Crippen molar-refractivity contribution in [3.63, 3.8) is 0 Å². The zero-order valence-corrected chi connectivity index (χ0v) is 10.1. The molecule has 19 heavy (non-hydrogen) atoms. The molecule has 1 aromatic carbocycles. The molecule has 0 fully saturated rings. The summed E-state index contributed by atoms with van der Waals surface area (Å²) in [6.45, 7) is 1.83. The molecule has 2 N–H and O–H groups in total. The molecule has 0 amide bonds. The van der Waals surface area contributed by atoms with E-state index in [2.05, 4.69) is 9.97 Å². The fraction of sp³-hybridized carbons (Fsp3) is 0.0769. The smallest absolute Gasteiger partial charge is 0.207 e. The summed E-state index contributed by atoms with van der Waals surface area (Å²) >= 11 is 0. The maximum absolute atomic E-state index is 13.9. The molecule has 0 radical (unpaired) electrons. The van der Waals surface area contributed by atoms with E-state index in [0.29, 0.717) is 11.2 Å². The molecule has 96 valence electrons. The van der Waals surface area contributed by atoms with Gasteiger partial charge in [0.2, 0.25) is 5.95 Å². The molecule has 0 aliphatic heterocycles. The van der Waals surface area contributed by atoms with Crippen LogP contribution in [0.15, 0.2) is 30.5 Å². The molecule has 3 aromatic rings. The Balaban J connectivity index is 2.44. The maximum atomic E-state index is 13.9. The Morgan fingerprint density at radius 1 is 1.16 bits per heavy atom. The number of aryl methyl sites for hydroxylation is 1. The third kappa shape index (κ3) is 1.64. The van der Waals surface area contributed by atoms with Crippen molar-refractivity contribution >= 4 is 17.1 Å². The highest BCUT2D eigenvalue weighted by Crippen LogP contribution is 2.26. The Morgan fingerprint density at radius 2 is 1.84 bits per heavy atom. The molecule has 2 heterocycles. The quantitative estimate of drug-likeness (QED) is 0.731. The summed E-state index contributed by atoms with van der Waals surface area (Å²) in [4.78, 5) is 8.22. The molecule has 0 atom stereocenters. The zero-order valence-electron chi connectivity index (χ0n) is 10.1. The van der Waals surface area contributed by atoms with Crippen LogP contribution in [0.1, 0.15) is 5.56 Å². The number of benzene rings is 1. The number of rotatable bonds is 1. The van der Waals surface area contributed by atoms with Gasteiger partial charge in [-0.15, -0.1) is 0 Å². The SMILES string of the molecule is Cc1ccnc2c1nc(N)n2-c1c(F)cccc1F. The van der Waals surface area contributed by atoms with Gasteiger partial charge >= 0.3 is 0 Å². The number of nitrogens with zero attached hydrogens (tertiary/aromatic N) is 3. The minimum Gasteiger partial charge on any atom is -0.369 e. The Hall–Kier alpha value is -2.50. The first-order valence-electron chi connectivity index (χ1n) is 5.63. The number of aromatic nitrogens is 3. The standard InChI is InChI=1S/C13H10F2N4/c1-7-5-6-17-12-10(7)18-13(16)19(12)11-8(14)3-2-4-9(11)15/h2-6H,1H3,(H2,16,18). The van der Waals surface area contributed by atoms with Gasteiger partial charge in [0, 0.05) is 6.20 Å². The summed E-state index contributed by atoms with van der Waals surface area (Å²) < 4.78 is 28.9. The van der Waals surface area contributed by atoms with E-state index in [1.54, 1.807) is 12.3 Å². The summed E-state index contributed by atoms with van der Waals surface area (Å²) in [5.74, 6) is -1.43. The summed E-state index contributed by atoms with van der Waals surface area (Å²) in [5.41, 5.74) is 7.21. The lowest BCUT2D eigenvalue weighted by Crippen LogP contribution is -2.06. The van der Waals surface area contributed by atoms with Gasteiger partial charge in [0.1, 0.15) is 22.8 Å². The van der Waals surface area contributed by atoms with E-state index in [1.807, 2.05) is 6.92 Å². The van der Waals surface area contributed by atoms with E-state index < -0.39 is 11.6 Å². The first-order valence-corrected chi connectivity index (χ1v) is 5.63. The van der Waals surface area contributed by atoms with E-state index in [1.165, 1.54) is 22.8 Å². The molecular weight excluding hydrogens is 250 g/mol. The van der Waals surface area contributed by atoms with Crippen LogP contribution >= 0.6 is 0 Å². The Labute approximate surface area is 107 Å². The highest BCUT2D eigenvalue weighted by molar-refractivity contribution is 5.79. The highest BCUT2D eigenvalue weighted by Gasteiger charge is 2.18. The largest absolute Gasteiger partial charge is 0.369 e. The number of halogens is 2. The average Bonchev–Trinajstić information content (AvgIpc) is 2.68. The molecule has 0 bridgehead atoms. The van der Waals surface area contributed by atoms with E-state index >= 15 is 0 Å². The number of nitrogens with two attached hydrogens (primary N) is 1. The van der Waals surface area contributed by atoms with Crippen molar-refractivity contribution in [1.29, 1.82) is 0 Å². The number of para-hydroxylation sites is 1. The fourth-order valence-corrected chi connectivity index (χ4v) is 2.03. The van der Waals surface area contributed by atoms with Crippen molar-refractivity contribution in [1.82, 2.24) is 14.5 Å². The number of nitrogen functional groups attached to an aromatic ring is 1. The number of hydrogen-bond acceptors (Lipinski definition) is 3. The van der Waals surface area contributed by atoms with E-state index in [4.69, 9.17) is 5.73 Å². The zero-order chi connectivity index (χ0) is 13.6. The van der Waals surface area contributed by atoms with Gasteiger partial charge in [-0.1, -0.05) is 6.07 Å². The van der Waals surface area contributed by atoms with Crippen molar-refractivity contribution in [2.45, 2.75) is 6.92 Å². The number of imidazole rings is 1. The molecule has 0 saturated carbocycles. The maximum Gasteiger partial charge on any atom is 0.207 e. The lowest BCUT2D eigenvalue weighted by Gasteiger charge is -2.08. The van der Waals surface area contributed by atoms with Crippen molar-refractivity contribution in [2.75, 3.05) is 5.73 Å². The van der Waals surface area contributed by atoms with Crippen molar-refractivity contribution in [3.8, 4) is 5.69 Å². The van der Waals surface area contributed by atoms with Crippen molar-refractivity contribution in [2.24, 2.45) is 0 Å². The van der Waals surface area contributed by atoms with Gasteiger partial charge < -0.3 is 5.73 Å². The molecule has 2 aromatic heterocycles. The highest BCUT2D eigenvalue weighted by atomic mass is 19.1. The van der Waals surface area contributed by atoms with Gasteiger partial charge in [-0.2, -0.15) is 0 Å². The second-order valence-electron chi connectivity index (χ2n) is 4.18. The van der Waals surface area contributed by atoms with Crippen LogP contribution < -0.4 is 5.73 Å². The van der Waals surface area contributed by atoms with Crippen LogP contribution in [0, 0.1) is 18.6 Å². The molecule has 6 heteroatoms. The first kappa shape index (κ1) is 11.6. The third-order valence-corrected chi connectivity index (χ3v) is 2.94. The lowest BCUT2D eigenvalue weighted by molar-refractivity contribution is 0.571. The Bertz CT molecular complexity index is 759. The summed E-state index contributed by atoms with van der Waals surface area (Å²) in [5, 5.41) is 0. The van der Waals surface area contributed by atoms with Crippen LogP contribution in [-0.4, -0.2) is 14.5 Å². The Kier molecular flexibility index (Phi) is 2.45. The van der Waals surface area contributed by atoms with E-state index in [0.717, 1.165) is 5.56 Å². The van der Waals surface area contributed by atoms with Crippen LogP contribution in [0.2, 0.25) is 0 Å². The van der Waals surface area contributed by atoms with Crippen LogP contribution in [-0.2, 0) is 0 Å². The molecular formula is C13H10F2N4. The molecule has 4 nitrogen and oxygen atoms in total. The summed E-state index contributed by atoms with van der Waals surface area (Å²) in [6, 6.07) is 5.39. The number of fused-ring (bicyclic) bond motifs is 1. The third-order valence-electron chi connectivity index (χ3n) is 2.94. The molecule has 3 rings (SSSR count). The first-order chi connectivity index (χ1) is 9.09. The minimum atomic E-state index is -0.714. The number of pyridine rings is 1. The summed E-state index contributed by atoms with van der Waals surface area (Å²) in [6.07, 6.45) is 1.55. The molecule has 0 saturated heterocycles. The van der Waals surface area contributed by atoms with E-state index in [-0.39, 0.29) is 11.6 Å². The predicted octanol–water partition coefficient (Wildman–Crippen LogP) is 2.59. The number of hydrogen-bond donors (Lipinski definition) is 1. The summed E-state index contributed by atoms with van der Waals surface area (Å²) in [7, 11) is 0. The fourth-order valence-electron chi connectivity index (χ4n) is 2.03. The van der Waals surface area contributed by atoms with Gasteiger partial charge in [0.25, 0.3) is 0 Å². The van der Waals surface area contributed by atoms with Crippen LogP contribution in [0.5, 0.6) is 0 Å². The topological polar surface area (TPSA) is 56.7 Å². The predicted molar refractivity (Wildman–Crippen MR) is 67.9 cm³/mol. The van der Waals surface area contributed by atoms with Crippen LogP contribution in [0.3, 0.4) is 0 Å². The molecule has 0 spiro atoms. The second-order valence-corrected chi connectivity index (χ2v) is 4.18. The molecule has 0 unspecified atom stereocenters. The van der Waals surface area contributed by atoms with Crippen LogP contribution in [0.25, 0.3) is 16.9 Å². The second kappa shape index (κ2) is 4.01. The van der Waals surface area contributed by atoms with Gasteiger partial charge in [0.15, 0.2) is 5.65 Å². The average molecular weight is 260 g/mol. The normalized spacial score (nSPS) is 11.1. The van der Waals surface area contributed by atoms with Gasteiger partial charge in [-0.05, 0) is 30.7 Å². The van der Waals surface area contributed by atoms with Crippen LogP contribution in [0.4, 0.5) is 14.7 Å². The van der Waals surface area contributed by atoms with Gasteiger partial charge in [-0.3, -0.25) is 4.57 Å². The number of anilines is 1. The monoisotopic (exact) mass is 260 g/mol. The van der Waals surface area contributed by atoms with Crippen molar-refractivity contribution < 1.29 is 8.78 Å². The molecule has 0 aliphatic rings.